The summed E-state index contributed by atoms with van der Waals surface area (Å²) in [7, 11) is 0. The normalized spacial score (nSPS) is 12.0. The van der Waals surface area contributed by atoms with Crippen molar-refractivity contribution in [3.05, 3.63) is 30.1 Å². The number of hydrogen-bond donors (Lipinski definition) is 2. The zero-order chi connectivity index (χ0) is 18.2. The highest BCUT2D eigenvalue weighted by Gasteiger charge is 2.20. The van der Waals surface area contributed by atoms with Gasteiger partial charge in [0.15, 0.2) is 0 Å². The number of amides is 2. The Morgan fingerprint density at radius 3 is 2.76 bits per heavy atom. The number of unbranched alkanes of at least 4 members (excludes halogenated alkanes) is 1. The smallest absolute Gasteiger partial charge is 0.419 e. The first-order valence-electron chi connectivity index (χ1n) is 8.41. The zero-order valence-electron chi connectivity index (χ0n) is 14.7. The lowest BCUT2D eigenvalue weighted by Gasteiger charge is -2.15. The lowest BCUT2D eigenvalue weighted by molar-refractivity contribution is -0.0834. The SMILES string of the molecule is CCCCNC(=O)c1nc2ccccc2n1NC(=O)OC(C)OCC. The number of carbonyl (C=O) groups excluding carboxylic acids is 2. The van der Waals surface area contributed by atoms with Gasteiger partial charge in [0, 0.05) is 13.2 Å². The van der Waals surface area contributed by atoms with E-state index in [1.807, 2.05) is 13.0 Å². The maximum Gasteiger partial charge on any atom is 0.428 e. The summed E-state index contributed by atoms with van der Waals surface area (Å²) in [4.78, 5) is 28.8. The molecule has 1 aromatic carbocycles. The van der Waals surface area contributed by atoms with E-state index in [-0.39, 0.29) is 11.7 Å². The third-order valence-electron chi connectivity index (χ3n) is 3.46. The molecule has 0 aliphatic rings. The van der Waals surface area contributed by atoms with E-state index in [2.05, 4.69) is 15.7 Å². The van der Waals surface area contributed by atoms with Crippen LogP contribution in [0.1, 0.15) is 44.2 Å². The van der Waals surface area contributed by atoms with Crippen molar-refractivity contribution in [1.29, 1.82) is 0 Å². The van der Waals surface area contributed by atoms with E-state index in [0.717, 1.165) is 12.8 Å². The molecule has 0 saturated carbocycles. The van der Waals surface area contributed by atoms with Gasteiger partial charge in [-0.15, -0.1) is 0 Å². The second kappa shape index (κ2) is 9.03. The summed E-state index contributed by atoms with van der Waals surface area (Å²) in [5, 5.41) is 2.80. The molecular weight excluding hydrogens is 324 g/mol. The van der Waals surface area contributed by atoms with Crippen LogP contribution in [-0.4, -0.2) is 41.1 Å². The topological polar surface area (TPSA) is 94.5 Å². The van der Waals surface area contributed by atoms with E-state index >= 15 is 0 Å². The molecule has 8 nitrogen and oxygen atoms in total. The highest BCUT2D eigenvalue weighted by atomic mass is 16.7. The maximum absolute atomic E-state index is 12.4. The van der Waals surface area contributed by atoms with Crippen molar-refractivity contribution < 1.29 is 19.1 Å². The summed E-state index contributed by atoms with van der Waals surface area (Å²) < 4.78 is 11.6. The summed E-state index contributed by atoms with van der Waals surface area (Å²) in [5.41, 5.74) is 3.75. The highest BCUT2D eigenvalue weighted by molar-refractivity contribution is 5.96. The van der Waals surface area contributed by atoms with Gasteiger partial charge >= 0.3 is 6.09 Å². The molecule has 25 heavy (non-hydrogen) atoms. The highest BCUT2D eigenvalue weighted by Crippen LogP contribution is 2.15. The summed E-state index contributed by atoms with van der Waals surface area (Å²) >= 11 is 0. The number of aromatic nitrogens is 2. The minimum atomic E-state index is -0.730. The molecule has 0 radical (unpaired) electrons. The van der Waals surface area contributed by atoms with Crippen LogP contribution < -0.4 is 10.7 Å². The van der Waals surface area contributed by atoms with Gasteiger partial charge in [-0.25, -0.2) is 19.9 Å². The number of rotatable bonds is 8. The van der Waals surface area contributed by atoms with Crippen molar-refractivity contribution in [2.45, 2.75) is 39.9 Å². The largest absolute Gasteiger partial charge is 0.428 e. The van der Waals surface area contributed by atoms with Gasteiger partial charge in [0.2, 0.25) is 12.1 Å². The Labute approximate surface area is 146 Å². The average molecular weight is 348 g/mol. The van der Waals surface area contributed by atoms with Crippen LogP contribution in [0.15, 0.2) is 24.3 Å². The number of nitrogens with one attached hydrogen (secondary N) is 2. The monoisotopic (exact) mass is 348 g/mol. The van der Waals surface area contributed by atoms with Crippen LogP contribution in [0.3, 0.4) is 0 Å². The molecule has 0 fully saturated rings. The van der Waals surface area contributed by atoms with Gasteiger partial charge in [-0.1, -0.05) is 25.5 Å². The molecule has 2 rings (SSSR count). The standard InChI is InChI=1S/C17H24N4O4/c1-4-6-11-18-16(22)15-19-13-9-7-8-10-14(13)21(15)20-17(23)25-12(3)24-5-2/h7-10,12H,4-6,11H2,1-3H3,(H,18,22)(H,20,23). The van der Waals surface area contributed by atoms with Crippen molar-refractivity contribution in [1.82, 2.24) is 15.0 Å². The van der Waals surface area contributed by atoms with Gasteiger partial charge in [0.25, 0.3) is 5.91 Å². The summed E-state index contributed by atoms with van der Waals surface area (Å²) in [6, 6.07) is 7.14. The van der Waals surface area contributed by atoms with Crippen LogP contribution in [0.25, 0.3) is 11.0 Å². The fourth-order valence-electron chi connectivity index (χ4n) is 2.29. The number of nitrogens with zero attached hydrogens (tertiary/aromatic N) is 2. The van der Waals surface area contributed by atoms with Crippen LogP contribution >= 0.6 is 0 Å². The molecule has 2 aromatic rings. The first kappa shape index (κ1) is 18.7. The van der Waals surface area contributed by atoms with Crippen molar-refractivity contribution in [3.8, 4) is 0 Å². The fourth-order valence-corrected chi connectivity index (χ4v) is 2.29. The van der Waals surface area contributed by atoms with E-state index in [4.69, 9.17) is 9.47 Å². The molecule has 2 N–H and O–H groups in total. The lowest BCUT2D eigenvalue weighted by atomic mass is 10.3. The molecule has 0 saturated heterocycles. The second-order valence-corrected chi connectivity index (χ2v) is 5.41. The number of fused-ring (bicyclic) bond motifs is 1. The first-order valence-corrected chi connectivity index (χ1v) is 8.41. The third kappa shape index (κ3) is 4.93. The summed E-state index contributed by atoms with van der Waals surface area (Å²) in [6.45, 7) is 6.43. The number of benzene rings is 1. The van der Waals surface area contributed by atoms with E-state index in [1.54, 1.807) is 32.0 Å². The van der Waals surface area contributed by atoms with Gasteiger partial charge in [-0.3, -0.25) is 4.79 Å². The Morgan fingerprint density at radius 1 is 1.28 bits per heavy atom. The number of ether oxygens (including phenoxy) is 2. The quantitative estimate of drug-likeness (QED) is 0.565. The molecule has 1 heterocycles. The van der Waals surface area contributed by atoms with Crippen LogP contribution in [0.2, 0.25) is 0 Å². The molecule has 1 aromatic heterocycles. The first-order chi connectivity index (χ1) is 12.1. The number of para-hydroxylation sites is 2. The van der Waals surface area contributed by atoms with E-state index in [1.165, 1.54) is 4.68 Å². The van der Waals surface area contributed by atoms with Gasteiger partial charge in [0.1, 0.15) is 0 Å². The summed E-state index contributed by atoms with van der Waals surface area (Å²) in [5.74, 6) is -0.263. The minimum Gasteiger partial charge on any atom is -0.419 e. The van der Waals surface area contributed by atoms with Crippen molar-refractivity contribution in [3.63, 3.8) is 0 Å². The van der Waals surface area contributed by atoms with Crippen LogP contribution in [0.5, 0.6) is 0 Å². The molecule has 0 bridgehead atoms. The van der Waals surface area contributed by atoms with Crippen LogP contribution in [-0.2, 0) is 9.47 Å². The fraction of sp³-hybridized carbons (Fsp3) is 0.471. The van der Waals surface area contributed by atoms with Gasteiger partial charge < -0.3 is 14.8 Å². The van der Waals surface area contributed by atoms with E-state index in [0.29, 0.717) is 24.2 Å². The molecule has 8 heteroatoms. The number of imidazole rings is 1. The lowest BCUT2D eigenvalue weighted by Crippen LogP contribution is -2.33. The van der Waals surface area contributed by atoms with Gasteiger partial charge in [-0.05, 0) is 32.4 Å². The summed E-state index contributed by atoms with van der Waals surface area (Å²) in [6.07, 6.45) is 0.414. The molecule has 1 unspecified atom stereocenters. The van der Waals surface area contributed by atoms with Crippen LogP contribution in [0, 0.1) is 0 Å². The van der Waals surface area contributed by atoms with Gasteiger partial charge in [0.05, 0.1) is 11.0 Å². The third-order valence-corrected chi connectivity index (χ3v) is 3.46. The minimum absolute atomic E-state index is 0.0957. The molecule has 0 aliphatic heterocycles. The Kier molecular flexibility index (Phi) is 6.76. The zero-order valence-corrected chi connectivity index (χ0v) is 14.7. The number of carbonyl (C=O) groups is 2. The van der Waals surface area contributed by atoms with Crippen molar-refractivity contribution >= 4 is 23.0 Å². The van der Waals surface area contributed by atoms with Crippen molar-refractivity contribution in [2.24, 2.45) is 0 Å². The number of hydrogen-bond acceptors (Lipinski definition) is 5. The van der Waals surface area contributed by atoms with Crippen LogP contribution in [0.4, 0.5) is 4.79 Å². The molecule has 136 valence electrons. The van der Waals surface area contributed by atoms with Crippen molar-refractivity contribution in [2.75, 3.05) is 18.6 Å². The van der Waals surface area contributed by atoms with E-state index < -0.39 is 12.4 Å². The second-order valence-electron chi connectivity index (χ2n) is 5.41. The molecule has 0 spiro atoms. The Bertz CT molecular complexity index is 729. The Balaban J connectivity index is 2.22. The van der Waals surface area contributed by atoms with Gasteiger partial charge in [-0.2, -0.15) is 0 Å². The predicted octanol–water partition coefficient (Wildman–Crippen LogP) is 2.63. The molecule has 1 atom stereocenters. The predicted molar refractivity (Wildman–Crippen MR) is 93.9 cm³/mol. The maximum atomic E-state index is 12.4. The average Bonchev–Trinajstić information content (AvgIpc) is 2.94. The van der Waals surface area contributed by atoms with E-state index in [9.17, 15) is 9.59 Å². The Hall–Kier alpha value is -2.61. The molecular formula is C17H24N4O4. The molecule has 2 amide bonds. The molecule has 0 aliphatic carbocycles. The Morgan fingerprint density at radius 2 is 2.04 bits per heavy atom.